The number of nitrogens with one attached hydrogen (secondary N) is 2. The van der Waals surface area contributed by atoms with Crippen molar-refractivity contribution >= 4 is 5.96 Å². The zero-order chi connectivity index (χ0) is 20.0. The lowest BCUT2D eigenvalue weighted by atomic mass is 10.2. The van der Waals surface area contributed by atoms with Gasteiger partial charge < -0.3 is 24.8 Å². The van der Waals surface area contributed by atoms with Crippen molar-refractivity contribution in [3.05, 3.63) is 59.7 Å². The molecule has 0 aliphatic rings. The molecule has 0 saturated heterocycles. The Morgan fingerprint density at radius 2 is 1.79 bits per heavy atom. The molecular formula is C22H31N3O3. The van der Waals surface area contributed by atoms with E-state index in [0.29, 0.717) is 32.9 Å². The Labute approximate surface area is 167 Å². The lowest BCUT2D eigenvalue weighted by Gasteiger charge is -2.13. The minimum atomic E-state index is 0.546. The van der Waals surface area contributed by atoms with Crippen molar-refractivity contribution in [3.8, 4) is 11.5 Å². The van der Waals surface area contributed by atoms with Crippen LogP contribution in [0.2, 0.25) is 0 Å². The normalized spacial score (nSPS) is 11.2. The molecule has 152 valence electrons. The molecule has 28 heavy (non-hydrogen) atoms. The van der Waals surface area contributed by atoms with Gasteiger partial charge in [0.05, 0.1) is 33.5 Å². The van der Waals surface area contributed by atoms with E-state index in [2.05, 4.69) is 27.8 Å². The predicted molar refractivity (Wildman–Crippen MR) is 113 cm³/mol. The average Bonchev–Trinajstić information content (AvgIpc) is 2.73. The van der Waals surface area contributed by atoms with Gasteiger partial charge in [-0.2, -0.15) is 0 Å². The number of methoxy groups -OCH3 is 1. The van der Waals surface area contributed by atoms with Gasteiger partial charge in [-0.1, -0.05) is 36.4 Å². The highest BCUT2D eigenvalue weighted by atomic mass is 16.5. The number of rotatable bonds is 11. The summed E-state index contributed by atoms with van der Waals surface area (Å²) in [4.78, 5) is 4.64. The van der Waals surface area contributed by atoms with E-state index in [-0.39, 0.29) is 0 Å². The molecule has 0 bridgehead atoms. The van der Waals surface area contributed by atoms with Crippen molar-refractivity contribution in [2.75, 3.05) is 33.4 Å². The first-order valence-corrected chi connectivity index (χ1v) is 9.70. The van der Waals surface area contributed by atoms with Gasteiger partial charge in [-0.3, -0.25) is 0 Å². The van der Waals surface area contributed by atoms with E-state index in [4.69, 9.17) is 14.2 Å². The molecular weight excluding hydrogens is 354 g/mol. The molecule has 0 radical (unpaired) electrons. The molecule has 0 spiro atoms. The Bertz CT molecular complexity index is 720. The lowest BCUT2D eigenvalue weighted by molar-refractivity contribution is 0.125. The maximum Gasteiger partial charge on any atom is 0.191 e. The van der Waals surface area contributed by atoms with E-state index in [0.717, 1.165) is 29.6 Å². The molecule has 0 saturated carbocycles. The maximum absolute atomic E-state index is 5.70. The Balaban J connectivity index is 1.83. The average molecular weight is 386 g/mol. The van der Waals surface area contributed by atoms with Gasteiger partial charge in [-0.05, 0) is 37.1 Å². The molecule has 0 heterocycles. The van der Waals surface area contributed by atoms with Crippen LogP contribution in [-0.4, -0.2) is 39.4 Å². The number of benzene rings is 2. The van der Waals surface area contributed by atoms with Crippen LogP contribution in [0.25, 0.3) is 0 Å². The summed E-state index contributed by atoms with van der Waals surface area (Å²) in [5, 5.41) is 6.55. The van der Waals surface area contributed by atoms with Crippen molar-refractivity contribution < 1.29 is 14.2 Å². The first-order chi connectivity index (χ1) is 13.8. The standard InChI is InChI=1S/C22H31N3O3/c1-4-23-22(24-13-14-27-17-18-9-7-6-8-10-18)25-16-19-11-12-20(26-3)21(15-19)28-5-2/h6-12,15H,4-5,13-14,16-17H2,1-3H3,(H2,23,24,25). The van der Waals surface area contributed by atoms with Crippen LogP contribution in [0.4, 0.5) is 0 Å². The zero-order valence-electron chi connectivity index (χ0n) is 17.0. The van der Waals surface area contributed by atoms with Gasteiger partial charge in [-0.25, -0.2) is 4.99 Å². The second-order valence-corrected chi connectivity index (χ2v) is 6.08. The molecule has 0 atom stereocenters. The summed E-state index contributed by atoms with van der Waals surface area (Å²) in [6.07, 6.45) is 0. The fourth-order valence-electron chi connectivity index (χ4n) is 2.61. The number of aliphatic imine (C=N–C) groups is 1. The molecule has 6 nitrogen and oxygen atoms in total. The Kier molecular flexibility index (Phi) is 9.72. The topological polar surface area (TPSA) is 64.1 Å². The monoisotopic (exact) mass is 385 g/mol. The Morgan fingerprint density at radius 1 is 0.964 bits per heavy atom. The fraction of sp³-hybridized carbons (Fsp3) is 0.409. The smallest absolute Gasteiger partial charge is 0.191 e. The third-order valence-corrected chi connectivity index (χ3v) is 3.94. The third-order valence-electron chi connectivity index (χ3n) is 3.94. The highest BCUT2D eigenvalue weighted by Gasteiger charge is 2.05. The predicted octanol–water partition coefficient (Wildman–Crippen LogP) is 3.37. The molecule has 0 unspecified atom stereocenters. The largest absolute Gasteiger partial charge is 0.493 e. The lowest BCUT2D eigenvalue weighted by Crippen LogP contribution is -2.38. The van der Waals surface area contributed by atoms with Gasteiger partial charge in [0.2, 0.25) is 0 Å². The van der Waals surface area contributed by atoms with Crippen molar-refractivity contribution in [1.82, 2.24) is 10.6 Å². The van der Waals surface area contributed by atoms with Gasteiger partial charge in [0.25, 0.3) is 0 Å². The number of ether oxygens (including phenoxy) is 3. The van der Waals surface area contributed by atoms with Crippen LogP contribution in [0, 0.1) is 0 Å². The molecule has 0 fully saturated rings. The van der Waals surface area contributed by atoms with E-state index in [9.17, 15) is 0 Å². The van der Waals surface area contributed by atoms with Crippen molar-refractivity contribution in [1.29, 1.82) is 0 Å². The van der Waals surface area contributed by atoms with E-state index < -0.39 is 0 Å². The molecule has 2 aromatic rings. The molecule has 0 amide bonds. The van der Waals surface area contributed by atoms with Gasteiger partial charge >= 0.3 is 0 Å². The fourth-order valence-corrected chi connectivity index (χ4v) is 2.61. The van der Waals surface area contributed by atoms with Crippen molar-refractivity contribution in [2.24, 2.45) is 4.99 Å². The Hall–Kier alpha value is -2.73. The van der Waals surface area contributed by atoms with Crippen LogP contribution in [0.5, 0.6) is 11.5 Å². The number of hydrogen-bond donors (Lipinski definition) is 2. The molecule has 0 aliphatic heterocycles. The maximum atomic E-state index is 5.70. The number of hydrogen-bond acceptors (Lipinski definition) is 4. The van der Waals surface area contributed by atoms with Crippen LogP contribution < -0.4 is 20.1 Å². The first kappa shape index (κ1) is 21.6. The summed E-state index contributed by atoms with van der Waals surface area (Å²) >= 11 is 0. The summed E-state index contributed by atoms with van der Waals surface area (Å²) < 4.78 is 16.7. The second-order valence-electron chi connectivity index (χ2n) is 6.08. The second kappa shape index (κ2) is 12.6. The van der Waals surface area contributed by atoms with Gasteiger partial charge in [-0.15, -0.1) is 0 Å². The minimum Gasteiger partial charge on any atom is -0.493 e. The summed E-state index contributed by atoms with van der Waals surface area (Å²) in [7, 11) is 1.64. The molecule has 6 heteroatoms. The summed E-state index contributed by atoms with van der Waals surface area (Å²) in [5.74, 6) is 2.24. The summed E-state index contributed by atoms with van der Waals surface area (Å²) in [6.45, 7) is 7.84. The van der Waals surface area contributed by atoms with Crippen molar-refractivity contribution in [3.63, 3.8) is 0 Å². The van der Waals surface area contributed by atoms with E-state index in [1.807, 2.05) is 50.2 Å². The first-order valence-electron chi connectivity index (χ1n) is 9.70. The number of guanidine groups is 1. The van der Waals surface area contributed by atoms with Gasteiger partial charge in [0, 0.05) is 13.1 Å². The van der Waals surface area contributed by atoms with Crippen LogP contribution in [0.15, 0.2) is 53.5 Å². The van der Waals surface area contributed by atoms with Crippen LogP contribution in [-0.2, 0) is 17.9 Å². The molecule has 0 aliphatic carbocycles. The van der Waals surface area contributed by atoms with E-state index >= 15 is 0 Å². The van der Waals surface area contributed by atoms with Crippen LogP contribution >= 0.6 is 0 Å². The zero-order valence-corrected chi connectivity index (χ0v) is 17.0. The molecule has 2 aromatic carbocycles. The van der Waals surface area contributed by atoms with Crippen molar-refractivity contribution in [2.45, 2.75) is 27.0 Å². The van der Waals surface area contributed by atoms with Gasteiger partial charge in [0.1, 0.15) is 0 Å². The van der Waals surface area contributed by atoms with E-state index in [1.165, 1.54) is 5.56 Å². The highest BCUT2D eigenvalue weighted by molar-refractivity contribution is 5.79. The minimum absolute atomic E-state index is 0.546. The summed E-state index contributed by atoms with van der Waals surface area (Å²) in [6, 6.07) is 16.0. The molecule has 2 rings (SSSR count). The quantitative estimate of drug-likeness (QED) is 0.353. The van der Waals surface area contributed by atoms with Crippen LogP contribution in [0.3, 0.4) is 0 Å². The SMILES string of the molecule is CCNC(=NCc1ccc(OC)c(OCC)c1)NCCOCc1ccccc1. The summed E-state index contributed by atoms with van der Waals surface area (Å²) in [5.41, 5.74) is 2.23. The Morgan fingerprint density at radius 3 is 2.50 bits per heavy atom. The number of nitrogens with zero attached hydrogens (tertiary/aromatic N) is 1. The van der Waals surface area contributed by atoms with Crippen LogP contribution in [0.1, 0.15) is 25.0 Å². The third kappa shape index (κ3) is 7.48. The van der Waals surface area contributed by atoms with Gasteiger partial charge in [0.15, 0.2) is 17.5 Å². The highest BCUT2D eigenvalue weighted by Crippen LogP contribution is 2.28. The van der Waals surface area contributed by atoms with E-state index in [1.54, 1.807) is 7.11 Å². The molecule has 0 aromatic heterocycles. The molecule has 2 N–H and O–H groups in total.